The number of ether oxygens (including phenoxy) is 2. The van der Waals surface area contributed by atoms with Gasteiger partial charge in [-0.15, -0.1) is 0 Å². The number of aliphatic hydroxyl groups is 5. The van der Waals surface area contributed by atoms with Crippen LogP contribution in [0.5, 0.6) is 0 Å². The van der Waals surface area contributed by atoms with Crippen LogP contribution in [-0.2, 0) is 41.8 Å². The van der Waals surface area contributed by atoms with Crippen LogP contribution >= 0.6 is 15.6 Å². The van der Waals surface area contributed by atoms with Crippen LogP contribution in [0, 0.1) is 0 Å². The normalized spacial score (nSPS) is 22.8. The number of carbonyl (C=O) groups is 2. The summed E-state index contributed by atoms with van der Waals surface area (Å²) in [6, 6.07) is 0. The number of hydrogen-bond acceptors (Lipinski definition) is 14. The molecule has 19 heteroatoms. The lowest BCUT2D eigenvalue weighted by atomic mass is 9.85. The van der Waals surface area contributed by atoms with Gasteiger partial charge in [0.1, 0.15) is 43.2 Å². The average Bonchev–Trinajstić information content (AvgIpc) is 3.24. The number of unbranched alkanes of at least 4 members (excludes halogenated alkanes) is 13. The molecule has 9 atom stereocenters. The Morgan fingerprint density at radius 3 is 1.75 bits per heavy atom. The average molecular weight is 953 g/mol. The van der Waals surface area contributed by atoms with Crippen molar-refractivity contribution in [3.63, 3.8) is 0 Å². The lowest BCUT2D eigenvalue weighted by Gasteiger charge is -2.43. The van der Waals surface area contributed by atoms with Gasteiger partial charge < -0.3 is 49.7 Å². The van der Waals surface area contributed by atoms with Crippen LogP contribution in [0.1, 0.15) is 149 Å². The van der Waals surface area contributed by atoms with Crippen LogP contribution in [0.4, 0.5) is 0 Å². The zero-order chi connectivity index (χ0) is 47.6. The molecular weight excluding hydrogens is 874 g/mol. The second-order valence-electron chi connectivity index (χ2n) is 15.9. The van der Waals surface area contributed by atoms with Crippen molar-refractivity contribution in [2.75, 3.05) is 13.2 Å². The van der Waals surface area contributed by atoms with Crippen LogP contribution in [0.15, 0.2) is 60.8 Å². The number of esters is 2. The molecular formula is C45H78O17P2. The van der Waals surface area contributed by atoms with E-state index >= 15 is 0 Å². The van der Waals surface area contributed by atoms with Crippen LogP contribution in [-0.4, -0.2) is 114 Å². The third-order valence-corrected chi connectivity index (χ3v) is 11.7. The highest BCUT2D eigenvalue weighted by molar-refractivity contribution is 7.47. The van der Waals surface area contributed by atoms with Gasteiger partial charge in [0.2, 0.25) is 0 Å². The third-order valence-electron chi connectivity index (χ3n) is 10.2. The number of hydrogen-bond donors (Lipinski definition) is 8. The van der Waals surface area contributed by atoms with E-state index in [0.29, 0.717) is 32.1 Å². The maximum Gasteiger partial charge on any atom is 0.472 e. The van der Waals surface area contributed by atoms with Crippen molar-refractivity contribution in [2.45, 2.75) is 198 Å². The predicted molar refractivity (Wildman–Crippen MR) is 242 cm³/mol. The van der Waals surface area contributed by atoms with Gasteiger partial charge >= 0.3 is 27.6 Å². The number of aliphatic hydroxyl groups excluding tert-OH is 5. The molecule has 6 unspecified atom stereocenters. The van der Waals surface area contributed by atoms with Crippen molar-refractivity contribution in [2.24, 2.45) is 0 Å². The highest BCUT2D eigenvalue weighted by atomic mass is 31.2. The third kappa shape index (κ3) is 30.0. The van der Waals surface area contributed by atoms with E-state index in [2.05, 4.69) is 30.5 Å². The van der Waals surface area contributed by atoms with Crippen molar-refractivity contribution < 1.29 is 82.0 Å². The molecule has 0 bridgehead atoms. The molecule has 0 aromatic rings. The van der Waals surface area contributed by atoms with Gasteiger partial charge in [0.15, 0.2) is 6.10 Å². The van der Waals surface area contributed by atoms with E-state index in [-0.39, 0.29) is 12.8 Å². The Morgan fingerprint density at radius 1 is 0.594 bits per heavy atom. The summed E-state index contributed by atoms with van der Waals surface area (Å²) in [6.45, 7) is 2.86. The maximum atomic E-state index is 13.0. The van der Waals surface area contributed by atoms with E-state index in [1.54, 1.807) is 12.2 Å². The van der Waals surface area contributed by atoms with Crippen LogP contribution in [0.25, 0.3) is 0 Å². The molecule has 8 N–H and O–H groups in total. The van der Waals surface area contributed by atoms with Gasteiger partial charge in [-0.1, -0.05) is 152 Å². The molecule has 1 saturated carbocycles. The maximum absolute atomic E-state index is 13.0. The molecule has 0 amide bonds. The lowest BCUT2D eigenvalue weighted by molar-refractivity contribution is -0.216. The van der Waals surface area contributed by atoms with Gasteiger partial charge in [-0.3, -0.25) is 23.2 Å². The van der Waals surface area contributed by atoms with Crippen molar-refractivity contribution in [1.82, 2.24) is 0 Å². The Morgan fingerprint density at radius 2 is 1.14 bits per heavy atom. The summed E-state index contributed by atoms with van der Waals surface area (Å²) in [5.74, 6) is -1.31. The highest BCUT2D eigenvalue weighted by Gasteiger charge is 2.54. The number of rotatable bonds is 37. The van der Waals surface area contributed by atoms with Crippen molar-refractivity contribution >= 4 is 27.6 Å². The SMILES string of the molecule is CC/C=C\C/C=C\CC(O)/C=C/C=C\C/C=C\CCCC(=O)O[C@H](COC(=O)CCCCCCCCCCCCCCC)COP(=O)(O)O[C@H]1C(O)C(O)C(O)[C@@H](OP(=O)(O)O)C1O. The minimum atomic E-state index is -5.38. The summed E-state index contributed by atoms with van der Waals surface area (Å²) in [4.78, 5) is 54.2. The molecule has 0 radical (unpaired) electrons. The van der Waals surface area contributed by atoms with Crippen molar-refractivity contribution in [3.05, 3.63) is 60.8 Å². The van der Waals surface area contributed by atoms with E-state index in [9.17, 15) is 49.1 Å². The van der Waals surface area contributed by atoms with Crippen molar-refractivity contribution in [3.8, 4) is 0 Å². The molecule has 64 heavy (non-hydrogen) atoms. The van der Waals surface area contributed by atoms with Gasteiger partial charge in [0, 0.05) is 12.8 Å². The number of carbonyl (C=O) groups excluding carboxylic acids is 2. The van der Waals surface area contributed by atoms with E-state index < -0.39 is 89.6 Å². The first kappa shape index (κ1) is 59.7. The van der Waals surface area contributed by atoms with E-state index in [0.717, 1.165) is 38.5 Å². The molecule has 1 aliphatic rings. The fourth-order valence-corrected chi connectivity index (χ4v) is 8.15. The quantitative estimate of drug-likeness (QED) is 0.0100. The summed E-state index contributed by atoms with van der Waals surface area (Å²) in [5, 5.41) is 51.2. The fraction of sp³-hybridized carbons (Fsp3) is 0.733. The molecule has 0 saturated heterocycles. The Hall–Kier alpha value is -2.34. The Balaban J connectivity index is 2.69. The molecule has 1 aliphatic carbocycles. The topological polar surface area (TPSA) is 276 Å². The summed E-state index contributed by atoms with van der Waals surface area (Å²) < 4.78 is 49.2. The van der Waals surface area contributed by atoms with Gasteiger partial charge in [-0.2, -0.15) is 0 Å². The summed E-state index contributed by atoms with van der Waals surface area (Å²) in [6.07, 6.45) is 22.2. The standard InChI is InChI=1S/C45H78O17P2/c1-3-5-7-9-11-12-13-14-15-16-20-24-28-32-38(47)58-34-37(35-59-64(56,57)62-45-42(51)40(49)41(50)44(43(45)52)61-63(53,54)55)60-39(48)33-29-25-21-18-17-19-23-27-31-36(46)30-26-22-10-8-6-4-2/h6,8,18-19,21-23,26-27,31,36-37,40-46,49-52H,3-5,7,9-17,20,24-25,28-30,32-35H2,1-2H3,(H,56,57)(H2,53,54,55)/b8-6-,21-18-,23-19-,26-22-,31-27+/t36?,37-,40?,41?,42?,43?,44-,45+/m1/s1. The first-order valence-corrected chi connectivity index (χ1v) is 26.0. The number of allylic oxidation sites excluding steroid dienone is 8. The minimum absolute atomic E-state index is 0.0670. The van der Waals surface area contributed by atoms with Crippen molar-refractivity contribution in [1.29, 1.82) is 0 Å². The fourth-order valence-electron chi connectivity index (χ4n) is 6.62. The first-order chi connectivity index (χ1) is 30.5. The molecule has 1 rings (SSSR count). The molecule has 370 valence electrons. The lowest BCUT2D eigenvalue weighted by Crippen LogP contribution is -2.64. The zero-order valence-corrected chi connectivity index (χ0v) is 39.6. The predicted octanol–water partition coefficient (Wildman–Crippen LogP) is 7.25. The summed E-state index contributed by atoms with van der Waals surface area (Å²) in [7, 11) is -10.7. The molecule has 0 aromatic heterocycles. The Kier molecular flexibility index (Phi) is 33.4. The molecule has 17 nitrogen and oxygen atoms in total. The van der Waals surface area contributed by atoms with Crippen LogP contribution in [0.3, 0.4) is 0 Å². The summed E-state index contributed by atoms with van der Waals surface area (Å²) >= 11 is 0. The number of phosphoric ester groups is 2. The Bertz CT molecular complexity index is 1490. The Labute approximate surface area is 380 Å². The molecule has 0 aromatic carbocycles. The largest absolute Gasteiger partial charge is 0.472 e. The molecule has 0 heterocycles. The summed E-state index contributed by atoms with van der Waals surface area (Å²) in [5.41, 5.74) is 0. The van der Waals surface area contributed by atoms with Gasteiger partial charge in [-0.05, 0) is 44.9 Å². The monoisotopic (exact) mass is 952 g/mol. The highest BCUT2D eigenvalue weighted by Crippen LogP contribution is 2.49. The van der Waals surface area contributed by atoms with Crippen LogP contribution in [0.2, 0.25) is 0 Å². The second kappa shape index (κ2) is 35.8. The second-order valence-corrected chi connectivity index (χ2v) is 18.5. The number of phosphoric acid groups is 2. The molecule has 1 fully saturated rings. The van der Waals surface area contributed by atoms with Gasteiger partial charge in [0.25, 0.3) is 0 Å². The smallest absolute Gasteiger partial charge is 0.462 e. The van der Waals surface area contributed by atoms with E-state index in [1.165, 1.54) is 51.4 Å². The van der Waals surface area contributed by atoms with E-state index in [1.807, 2.05) is 36.5 Å². The molecule has 0 spiro atoms. The van der Waals surface area contributed by atoms with Gasteiger partial charge in [0.05, 0.1) is 12.7 Å². The minimum Gasteiger partial charge on any atom is -0.462 e. The van der Waals surface area contributed by atoms with Gasteiger partial charge in [-0.25, -0.2) is 9.13 Å². The van der Waals surface area contributed by atoms with E-state index in [4.69, 9.17) is 28.3 Å². The van der Waals surface area contributed by atoms with Crippen LogP contribution < -0.4 is 0 Å². The first-order valence-electron chi connectivity index (χ1n) is 22.9. The molecule has 0 aliphatic heterocycles. The zero-order valence-electron chi connectivity index (χ0n) is 37.8.